The van der Waals surface area contributed by atoms with Crippen LogP contribution >= 0.6 is 31.9 Å². The lowest BCUT2D eigenvalue weighted by molar-refractivity contribution is 0.604. The van der Waals surface area contributed by atoms with Crippen LogP contribution in [0.2, 0.25) is 0 Å². The molecular weight excluding hydrogens is 346 g/mol. The zero-order chi connectivity index (χ0) is 12.4. The van der Waals surface area contributed by atoms with E-state index in [2.05, 4.69) is 54.4 Å². The first-order valence-corrected chi connectivity index (χ1v) is 6.82. The fourth-order valence-electron chi connectivity index (χ4n) is 1.86. The predicted molar refractivity (Wildman–Crippen MR) is 76.0 cm³/mol. The van der Waals surface area contributed by atoms with Gasteiger partial charge in [0.1, 0.15) is 0 Å². The topological polar surface area (TPSA) is 29.9 Å². The minimum Gasteiger partial charge on any atom is -0.308 e. The van der Waals surface area contributed by atoms with Gasteiger partial charge in [-0.05, 0) is 40.7 Å². The van der Waals surface area contributed by atoms with E-state index < -0.39 is 0 Å². The molecule has 2 rings (SSSR count). The SMILES string of the molecule is CNC(c1ccc(Br)cc1)c1c(Br)cnn1C. The summed E-state index contributed by atoms with van der Waals surface area (Å²) >= 11 is 6.98. The molecule has 1 aromatic heterocycles. The van der Waals surface area contributed by atoms with E-state index in [0.29, 0.717) is 0 Å². The average Bonchev–Trinajstić information content (AvgIpc) is 2.64. The van der Waals surface area contributed by atoms with E-state index in [1.807, 2.05) is 37.1 Å². The molecule has 1 atom stereocenters. The van der Waals surface area contributed by atoms with Gasteiger partial charge in [0, 0.05) is 11.5 Å². The van der Waals surface area contributed by atoms with E-state index in [0.717, 1.165) is 14.6 Å². The number of aryl methyl sites for hydroxylation is 1. The number of aromatic nitrogens is 2. The zero-order valence-corrected chi connectivity index (χ0v) is 12.8. The number of benzene rings is 1. The summed E-state index contributed by atoms with van der Waals surface area (Å²) in [5.41, 5.74) is 2.33. The summed E-state index contributed by atoms with van der Waals surface area (Å²) in [5, 5.41) is 7.56. The second-order valence-electron chi connectivity index (χ2n) is 3.77. The van der Waals surface area contributed by atoms with Crippen LogP contribution in [0.15, 0.2) is 39.4 Å². The molecule has 0 saturated carbocycles. The first-order chi connectivity index (χ1) is 8.13. The summed E-state index contributed by atoms with van der Waals surface area (Å²) in [6, 6.07) is 8.42. The third-order valence-corrected chi connectivity index (χ3v) is 3.84. The van der Waals surface area contributed by atoms with Crippen molar-refractivity contribution in [1.29, 1.82) is 0 Å². The smallest absolute Gasteiger partial charge is 0.0757 e. The molecule has 1 heterocycles. The van der Waals surface area contributed by atoms with Gasteiger partial charge in [-0.25, -0.2) is 0 Å². The van der Waals surface area contributed by atoms with Crippen LogP contribution in [0.1, 0.15) is 17.3 Å². The number of hydrogen-bond acceptors (Lipinski definition) is 2. The van der Waals surface area contributed by atoms with Gasteiger partial charge in [-0.15, -0.1) is 0 Å². The van der Waals surface area contributed by atoms with Crippen molar-refractivity contribution in [2.24, 2.45) is 7.05 Å². The number of rotatable bonds is 3. The van der Waals surface area contributed by atoms with Crippen molar-refractivity contribution in [1.82, 2.24) is 15.1 Å². The van der Waals surface area contributed by atoms with Gasteiger partial charge in [0.15, 0.2) is 0 Å². The molecule has 5 heteroatoms. The van der Waals surface area contributed by atoms with E-state index in [4.69, 9.17) is 0 Å². The molecule has 0 aliphatic carbocycles. The Bertz CT molecular complexity index is 485. The Kier molecular flexibility index (Phi) is 4.01. The Morgan fingerprint density at radius 3 is 2.35 bits per heavy atom. The molecule has 0 spiro atoms. The Morgan fingerprint density at radius 2 is 1.88 bits per heavy atom. The summed E-state index contributed by atoms with van der Waals surface area (Å²) in [6.07, 6.45) is 1.82. The molecule has 0 radical (unpaired) electrons. The Balaban J connectivity index is 2.43. The van der Waals surface area contributed by atoms with Crippen LogP contribution in [0.4, 0.5) is 0 Å². The highest BCUT2D eigenvalue weighted by atomic mass is 79.9. The molecule has 3 nitrogen and oxygen atoms in total. The van der Waals surface area contributed by atoms with Gasteiger partial charge in [-0.2, -0.15) is 5.10 Å². The van der Waals surface area contributed by atoms with Crippen LogP contribution in [0, 0.1) is 0 Å². The van der Waals surface area contributed by atoms with Gasteiger partial charge >= 0.3 is 0 Å². The molecular formula is C12H13Br2N3. The maximum Gasteiger partial charge on any atom is 0.0757 e. The fourth-order valence-corrected chi connectivity index (χ4v) is 2.70. The first kappa shape index (κ1) is 12.8. The van der Waals surface area contributed by atoms with Crippen LogP contribution in [0.5, 0.6) is 0 Å². The molecule has 0 fully saturated rings. The molecule has 0 aliphatic rings. The van der Waals surface area contributed by atoms with Crippen molar-refractivity contribution in [2.75, 3.05) is 7.05 Å². The molecule has 90 valence electrons. The maximum atomic E-state index is 4.25. The second kappa shape index (κ2) is 5.33. The molecule has 0 amide bonds. The third kappa shape index (κ3) is 2.61. The molecule has 0 bridgehead atoms. The molecule has 0 aliphatic heterocycles. The first-order valence-electron chi connectivity index (χ1n) is 5.23. The highest BCUT2D eigenvalue weighted by molar-refractivity contribution is 9.10. The van der Waals surface area contributed by atoms with Crippen molar-refractivity contribution >= 4 is 31.9 Å². The standard InChI is InChI=1S/C12H13Br2N3/c1-15-11(8-3-5-9(13)6-4-8)12-10(14)7-16-17(12)2/h3-7,11,15H,1-2H3. The fraction of sp³-hybridized carbons (Fsp3) is 0.250. The summed E-state index contributed by atoms with van der Waals surface area (Å²) in [4.78, 5) is 0. The van der Waals surface area contributed by atoms with E-state index in [1.165, 1.54) is 5.56 Å². The number of nitrogens with one attached hydrogen (secondary N) is 1. The second-order valence-corrected chi connectivity index (χ2v) is 5.54. The average molecular weight is 359 g/mol. The third-order valence-electron chi connectivity index (χ3n) is 2.70. The van der Waals surface area contributed by atoms with Crippen molar-refractivity contribution in [3.05, 3.63) is 50.7 Å². The van der Waals surface area contributed by atoms with Crippen LogP contribution in [0.25, 0.3) is 0 Å². The van der Waals surface area contributed by atoms with E-state index in [1.54, 1.807) is 0 Å². The highest BCUT2D eigenvalue weighted by Crippen LogP contribution is 2.28. The maximum absolute atomic E-state index is 4.25. The minimum absolute atomic E-state index is 0.130. The van der Waals surface area contributed by atoms with E-state index >= 15 is 0 Å². The van der Waals surface area contributed by atoms with Crippen molar-refractivity contribution in [2.45, 2.75) is 6.04 Å². The van der Waals surface area contributed by atoms with Crippen LogP contribution < -0.4 is 5.32 Å². The van der Waals surface area contributed by atoms with Gasteiger partial charge in [0.25, 0.3) is 0 Å². The quantitative estimate of drug-likeness (QED) is 0.912. The summed E-state index contributed by atoms with van der Waals surface area (Å²) in [7, 11) is 3.90. The van der Waals surface area contributed by atoms with Crippen LogP contribution in [0.3, 0.4) is 0 Å². The van der Waals surface area contributed by atoms with Crippen molar-refractivity contribution in [3.8, 4) is 0 Å². The lowest BCUT2D eigenvalue weighted by atomic mass is 10.0. The molecule has 2 aromatic rings. The molecule has 1 N–H and O–H groups in total. The molecule has 1 unspecified atom stereocenters. The Morgan fingerprint density at radius 1 is 1.24 bits per heavy atom. The molecule has 0 saturated heterocycles. The van der Waals surface area contributed by atoms with Crippen molar-refractivity contribution in [3.63, 3.8) is 0 Å². The Labute approximate surface area is 117 Å². The number of hydrogen-bond donors (Lipinski definition) is 1. The number of halogens is 2. The van der Waals surface area contributed by atoms with Gasteiger partial charge < -0.3 is 5.32 Å². The van der Waals surface area contributed by atoms with Crippen LogP contribution in [-0.4, -0.2) is 16.8 Å². The summed E-state index contributed by atoms with van der Waals surface area (Å²) in [6.45, 7) is 0. The van der Waals surface area contributed by atoms with Gasteiger partial charge in [-0.3, -0.25) is 4.68 Å². The molecule has 17 heavy (non-hydrogen) atoms. The molecule has 1 aromatic carbocycles. The van der Waals surface area contributed by atoms with Gasteiger partial charge in [0.2, 0.25) is 0 Å². The van der Waals surface area contributed by atoms with Gasteiger partial charge in [-0.1, -0.05) is 28.1 Å². The lowest BCUT2D eigenvalue weighted by Gasteiger charge is -2.18. The summed E-state index contributed by atoms with van der Waals surface area (Å²) in [5.74, 6) is 0. The Hall–Kier alpha value is -0.650. The number of nitrogens with zero attached hydrogens (tertiary/aromatic N) is 2. The largest absolute Gasteiger partial charge is 0.308 e. The normalized spacial score (nSPS) is 12.7. The summed E-state index contributed by atoms with van der Waals surface area (Å²) < 4.78 is 3.98. The minimum atomic E-state index is 0.130. The highest BCUT2D eigenvalue weighted by Gasteiger charge is 2.18. The zero-order valence-electron chi connectivity index (χ0n) is 9.61. The van der Waals surface area contributed by atoms with Gasteiger partial charge in [0.05, 0.1) is 22.4 Å². The monoisotopic (exact) mass is 357 g/mol. The van der Waals surface area contributed by atoms with E-state index in [9.17, 15) is 0 Å². The van der Waals surface area contributed by atoms with Crippen LogP contribution in [-0.2, 0) is 7.05 Å². The predicted octanol–water partition coefficient (Wildman–Crippen LogP) is 3.25. The van der Waals surface area contributed by atoms with Crippen molar-refractivity contribution < 1.29 is 0 Å². The van der Waals surface area contributed by atoms with E-state index in [-0.39, 0.29) is 6.04 Å². The lowest BCUT2D eigenvalue weighted by Crippen LogP contribution is -2.21.